The summed E-state index contributed by atoms with van der Waals surface area (Å²) in [7, 11) is 0. The minimum Gasteiger partial charge on any atom is -0.379 e. The van der Waals surface area contributed by atoms with Crippen LogP contribution in [0.2, 0.25) is 0 Å². The average Bonchev–Trinajstić information content (AvgIpc) is 2.17. The second-order valence-electron chi connectivity index (χ2n) is 7.31. The van der Waals surface area contributed by atoms with E-state index in [1.165, 1.54) is 0 Å². The lowest BCUT2D eigenvalue weighted by Gasteiger charge is -2.18. The van der Waals surface area contributed by atoms with Gasteiger partial charge in [0, 0.05) is 13.0 Å². The highest BCUT2D eigenvalue weighted by atomic mass is 16.5. The van der Waals surface area contributed by atoms with Gasteiger partial charge in [0.05, 0.1) is 26.4 Å². The summed E-state index contributed by atoms with van der Waals surface area (Å²) in [5, 5.41) is 2.85. The number of nitrogens with one attached hydrogen (secondary N) is 1. The van der Waals surface area contributed by atoms with Crippen molar-refractivity contribution in [3.05, 3.63) is 0 Å². The molecule has 4 nitrogen and oxygen atoms in total. The van der Waals surface area contributed by atoms with Crippen molar-refractivity contribution < 1.29 is 14.3 Å². The molecule has 19 heavy (non-hydrogen) atoms. The molecule has 0 unspecified atom stereocenters. The van der Waals surface area contributed by atoms with Gasteiger partial charge in [-0.2, -0.15) is 0 Å². The summed E-state index contributed by atoms with van der Waals surface area (Å²) in [6.07, 6.45) is 0.543. The van der Waals surface area contributed by atoms with E-state index in [1.54, 1.807) is 0 Å². The van der Waals surface area contributed by atoms with E-state index in [1.807, 2.05) is 0 Å². The number of rotatable bonds is 8. The fourth-order valence-corrected chi connectivity index (χ4v) is 1.41. The van der Waals surface area contributed by atoms with Crippen LogP contribution < -0.4 is 5.32 Å². The zero-order chi connectivity index (χ0) is 14.9. The molecule has 0 aromatic heterocycles. The second kappa shape index (κ2) is 8.54. The van der Waals surface area contributed by atoms with Crippen LogP contribution in [0.1, 0.15) is 48.0 Å². The first kappa shape index (κ1) is 18.4. The summed E-state index contributed by atoms with van der Waals surface area (Å²) >= 11 is 0. The number of hydrogen-bond donors (Lipinski definition) is 1. The molecule has 4 heteroatoms. The van der Waals surface area contributed by atoms with Crippen LogP contribution in [0.5, 0.6) is 0 Å². The Morgan fingerprint density at radius 1 is 0.895 bits per heavy atom. The van der Waals surface area contributed by atoms with Gasteiger partial charge in [-0.25, -0.2) is 0 Å². The minimum atomic E-state index is 0.0335. The fourth-order valence-electron chi connectivity index (χ4n) is 1.41. The highest BCUT2D eigenvalue weighted by Crippen LogP contribution is 2.17. The molecule has 0 atom stereocenters. The van der Waals surface area contributed by atoms with Crippen LogP contribution in [-0.2, 0) is 14.3 Å². The smallest absolute Gasteiger partial charge is 0.220 e. The van der Waals surface area contributed by atoms with Crippen molar-refractivity contribution in [1.82, 2.24) is 5.32 Å². The van der Waals surface area contributed by atoms with Crippen molar-refractivity contribution in [2.75, 3.05) is 33.0 Å². The van der Waals surface area contributed by atoms with E-state index in [2.05, 4.69) is 46.9 Å². The molecule has 0 aliphatic heterocycles. The van der Waals surface area contributed by atoms with Gasteiger partial charge >= 0.3 is 0 Å². The first-order valence-electron chi connectivity index (χ1n) is 7.02. The Kier molecular flexibility index (Phi) is 8.26. The van der Waals surface area contributed by atoms with Crippen molar-refractivity contribution in [2.24, 2.45) is 10.8 Å². The summed E-state index contributed by atoms with van der Waals surface area (Å²) < 4.78 is 10.9. The molecular formula is C15H31NO3. The Morgan fingerprint density at radius 2 is 1.47 bits per heavy atom. The lowest BCUT2D eigenvalue weighted by Crippen LogP contribution is -2.30. The number of hydrogen-bond acceptors (Lipinski definition) is 3. The first-order chi connectivity index (χ1) is 8.60. The van der Waals surface area contributed by atoms with Gasteiger partial charge in [-0.15, -0.1) is 0 Å². The van der Waals surface area contributed by atoms with Crippen molar-refractivity contribution in [3.8, 4) is 0 Å². The molecule has 0 rings (SSSR count). The Hall–Kier alpha value is -0.610. The van der Waals surface area contributed by atoms with E-state index < -0.39 is 0 Å². The Balaban J connectivity index is 3.35. The number of carbonyl (C=O) groups excluding carboxylic acids is 1. The van der Waals surface area contributed by atoms with Crippen molar-refractivity contribution in [3.63, 3.8) is 0 Å². The van der Waals surface area contributed by atoms with Crippen LogP contribution in [0.3, 0.4) is 0 Å². The molecule has 0 aromatic carbocycles. The Labute approximate surface area is 118 Å². The van der Waals surface area contributed by atoms with Gasteiger partial charge in [0.2, 0.25) is 5.91 Å². The normalized spacial score (nSPS) is 12.5. The van der Waals surface area contributed by atoms with Crippen LogP contribution in [0.15, 0.2) is 0 Å². The van der Waals surface area contributed by atoms with Crippen molar-refractivity contribution in [1.29, 1.82) is 0 Å². The zero-order valence-electron chi connectivity index (χ0n) is 13.5. The predicted octanol–water partition coefficient (Wildman–Crippen LogP) is 2.62. The van der Waals surface area contributed by atoms with E-state index in [-0.39, 0.29) is 16.7 Å². The van der Waals surface area contributed by atoms with E-state index in [4.69, 9.17) is 9.47 Å². The molecule has 0 saturated heterocycles. The fraction of sp³-hybridized carbons (Fsp3) is 0.933. The maximum Gasteiger partial charge on any atom is 0.220 e. The quantitative estimate of drug-likeness (QED) is 0.692. The largest absolute Gasteiger partial charge is 0.379 e. The predicted molar refractivity (Wildman–Crippen MR) is 78.2 cm³/mol. The molecule has 1 amide bonds. The molecule has 0 aromatic rings. The minimum absolute atomic E-state index is 0.0335. The summed E-state index contributed by atoms with van der Waals surface area (Å²) in [6.45, 7) is 15.6. The molecule has 0 spiro atoms. The van der Waals surface area contributed by atoms with Gasteiger partial charge in [0.15, 0.2) is 0 Å². The Bertz CT molecular complexity index is 251. The molecule has 0 fully saturated rings. The van der Waals surface area contributed by atoms with Crippen molar-refractivity contribution in [2.45, 2.75) is 48.0 Å². The summed E-state index contributed by atoms with van der Waals surface area (Å²) in [5.41, 5.74) is 0.229. The lowest BCUT2D eigenvalue weighted by molar-refractivity contribution is -0.123. The average molecular weight is 273 g/mol. The molecule has 0 radical (unpaired) electrons. The molecule has 1 N–H and O–H groups in total. The molecule has 0 heterocycles. The van der Waals surface area contributed by atoms with Gasteiger partial charge in [-0.1, -0.05) is 41.5 Å². The third-order valence-corrected chi connectivity index (χ3v) is 2.17. The zero-order valence-corrected chi connectivity index (χ0v) is 13.5. The molecule has 0 aliphatic carbocycles. The third-order valence-electron chi connectivity index (χ3n) is 2.17. The maximum atomic E-state index is 11.5. The molecule has 0 bridgehead atoms. The molecule has 0 aliphatic rings. The van der Waals surface area contributed by atoms with Crippen molar-refractivity contribution >= 4 is 5.91 Å². The molecular weight excluding hydrogens is 242 g/mol. The van der Waals surface area contributed by atoms with Crippen LogP contribution in [-0.4, -0.2) is 38.9 Å². The van der Waals surface area contributed by atoms with Gasteiger partial charge in [-0.05, 0) is 10.8 Å². The van der Waals surface area contributed by atoms with E-state index in [0.717, 1.165) is 6.61 Å². The third kappa shape index (κ3) is 15.3. The van der Waals surface area contributed by atoms with Crippen LogP contribution in [0.25, 0.3) is 0 Å². The van der Waals surface area contributed by atoms with Crippen LogP contribution in [0.4, 0.5) is 0 Å². The van der Waals surface area contributed by atoms with Gasteiger partial charge in [0.25, 0.3) is 0 Å². The first-order valence-corrected chi connectivity index (χ1v) is 7.02. The number of carbonyl (C=O) groups is 1. The van der Waals surface area contributed by atoms with Crippen LogP contribution >= 0.6 is 0 Å². The second-order valence-corrected chi connectivity index (χ2v) is 7.31. The number of ether oxygens (including phenoxy) is 2. The van der Waals surface area contributed by atoms with Gasteiger partial charge < -0.3 is 14.8 Å². The summed E-state index contributed by atoms with van der Waals surface area (Å²) in [6, 6.07) is 0. The summed E-state index contributed by atoms with van der Waals surface area (Å²) in [5.74, 6) is 0.0834. The topological polar surface area (TPSA) is 47.6 Å². The molecule has 0 saturated carbocycles. The van der Waals surface area contributed by atoms with Crippen LogP contribution in [0, 0.1) is 10.8 Å². The highest BCUT2D eigenvalue weighted by molar-refractivity contribution is 5.76. The van der Waals surface area contributed by atoms with Gasteiger partial charge in [0.1, 0.15) is 0 Å². The molecule has 114 valence electrons. The van der Waals surface area contributed by atoms with Gasteiger partial charge in [-0.3, -0.25) is 4.79 Å². The monoisotopic (exact) mass is 273 g/mol. The van der Waals surface area contributed by atoms with E-state index in [9.17, 15) is 4.79 Å². The highest BCUT2D eigenvalue weighted by Gasteiger charge is 2.15. The Morgan fingerprint density at radius 3 is 2.00 bits per heavy atom. The van der Waals surface area contributed by atoms with E-state index in [0.29, 0.717) is 32.8 Å². The lowest BCUT2D eigenvalue weighted by atomic mass is 9.92. The number of amides is 1. The maximum absolute atomic E-state index is 11.5. The van der Waals surface area contributed by atoms with E-state index >= 15 is 0 Å². The summed E-state index contributed by atoms with van der Waals surface area (Å²) in [4.78, 5) is 11.5. The SMILES string of the molecule is CC(C)(C)COCCOCCNC(=O)CC(C)(C)C. The standard InChI is InChI=1S/C15H31NO3/c1-14(2,3)11-13(17)16-7-8-18-9-10-19-12-15(4,5)6/h7-12H2,1-6H3,(H,16,17).